The first-order chi connectivity index (χ1) is 12.1. The number of nitrogens with zero attached hydrogens (tertiary/aromatic N) is 1. The highest BCUT2D eigenvalue weighted by atomic mass is 79.9. The zero-order valence-corrected chi connectivity index (χ0v) is 16.6. The number of aryl methyl sites for hydroxylation is 1. The molecule has 0 amide bonds. The summed E-state index contributed by atoms with van der Waals surface area (Å²) in [7, 11) is 0. The third kappa shape index (κ3) is 2.77. The summed E-state index contributed by atoms with van der Waals surface area (Å²) in [5.74, 6) is 0.580. The fourth-order valence-corrected chi connectivity index (χ4v) is 3.92. The molecule has 0 aliphatic carbocycles. The molecule has 0 aliphatic rings. The molecule has 3 nitrogen and oxygen atoms in total. The van der Waals surface area contributed by atoms with E-state index >= 15 is 0 Å². The van der Waals surface area contributed by atoms with Gasteiger partial charge in [0.25, 0.3) is 0 Å². The maximum Gasteiger partial charge on any atom is 0.227 e. The van der Waals surface area contributed by atoms with Crippen molar-refractivity contribution in [1.82, 2.24) is 4.98 Å². The second-order valence-electron chi connectivity index (χ2n) is 5.81. The van der Waals surface area contributed by atoms with Gasteiger partial charge in [0.05, 0.1) is 10.2 Å². The molecule has 0 radical (unpaired) electrons. The van der Waals surface area contributed by atoms with Gasteiger partial charge in [-0.25, -0.2) is 4.98 Å². The molecule has 25 heavy (non-hydrogen) atoms. The third-order valence-electron chi connectivity index (χ3n) is 4.22. The minimum absolute atomic E-state index is 0.580. The van der Waals surface area contributed by atoms with E-state index in [1.165, 1.54) is 5.56 Å². The number of benzene rings is 3. The topological polar surface area (TPSA) is 52.0 Å². The number of fused-ring (bicyclic) bond motifs is 1. The quantitative estimate of drug-likeness (QED) is 0.346. The number of hydrogen-bond donors (Lipinski definition) is 1. The average molecular weight is 458 g/mol. The lowest BCUT2D eigenvalue weighted by atomic mass is 10.0. The second-order valence-corrected chi connectivity index (χ2v) is 7.39. The zero-order valence-electron chi connectivity index (χ0n) is 13.4. The molecule has 4 aromatic rings. The summed E-state index contributed by atoms with van der Waals surface area (Å²) in [6.45, 7) is 1.96. The van der Waals surface area contributed by atoms with E-state index in [0.717, 1.165) is 36.7 Å². The molecular weight excluding hydrogens is 444 g/mol. The van der Waals surface area contributed by atoms with Crippen molar-refractivity contribution in [2.75, 3.05) is 5.73 Å². The Labute approximate surface area is 162 Å². The molecule has 0 bridgehead atoms. The summed E-state index contributed by atoms with van der Waals surface area (Å²) in [5, 5.41) is 0. The molecule has 4 rings (SSSR count). The van der Waals surface area contributed by atoms with Gasteiger partial charge >= 0.3 is 0 Å². The predicted molar refractivity (Wildman–Crippen MR) is 109 cm³/mol. The molecule has 0 saturated carbocycles. The molecule has 0 aliphatic heterocycles. The van der Waals surface area contributed by atoms with Gasteiger partial charge < -0.3 is 10.2 Å². The highest BCUT2D eigenvalue weighted by molar-refractivity contribution is 9.11. The van der Waals surface area contributed by atoms with E-state index in [1.54, 1.807) is 0 Å². The van der Waals surface area contributed by atoms with Gasteiger partial charge in [-0.3, -0.25) is 0 Å². The molecule has 1 aromatic heterocycles. The summed E-state index contributed by atoms with van der Waals surface area (Å²) >= 11 is 7.03. The van der Waals surface area contributed by atoms with E-state index in [2.05, 4.69) is 61.1 Å². The molecular formula is C20H14Br2N2O. The van der Waals surface area contributed by atoms with Crippen LogP contribution in [0.1, 0.15) is 5.56 Å². The van der Waals surface area contributed by atoms with Gasteiger partial charge in [0, 0.05) is 15.6 Å². The first-order valence-corrected chi connectivity index (χ1v) is 9.34. The fourth-order valence-electron chi connectivity index (χ4n) is 2.81. The first-order valence-electron chi connectivity index (χ1n) is 7.75. The van der Waals surface area contributed by atoms with Crippen molar-refractivity contribution in [2.24, 2.45) is 0 Å². The molecule has 124 valence electrons. The molecule has 5 heteroatoms. The Morgan fingerprint density at radius 2 is 1.44 bits per heavy atom. The maximum atomic E-state index is 6.11. The normalized spacial score (nSPS) is 11.2. The Morgan fingerprint density at radius 3 is 2.12 bits per heavy atom. The lowest BCUT2D eigenvalue weighted by Gasteiger charge is -2.05. The van der Waals surface area contributed by atoms with Crippen LogP contribution >= 0.6 is 31.9 Å². The van der Waals surface area contributed by atoms with E-state index in [0.29, 0.717) is 11.6 Å². The SMILES string of the molecule is Cc1c(Br)c(N)c(Br)c2nc(-c3ccc(-c4ccccc4)cc3)oc12. The largest absolute Gasteiger partial charge is 0.436 e. The number of nitrogen functional groups attached to an aromatic ring is 1. The van der Waals surface area contributed by atoms with E-state index < -0.39 is 0 Å². The van der Waals surface area contributed by atoms with Crippen molar-refractivity contribution in [1.29, 1.82) is 0 Å². The van der Waals surface area contributed by atoms with Gasteiger partial charge in [-0.1, -0.05) is 42.5 Å². The van der Waals surface area contributed by atoms with Crippen LogP contribution in [0.2, 0.25) is 0 Å². The number of oxazole rings is 1. The van der Waals surface area contributed by atoms with Gasteiger partial charge in [-0.05, 0) is 62.0 Å². The predicted octanol–water partition coefficient (Wildman–Crippen LogP) is 6.58. The van der Waals surface area contributed by atoms with E-state index in [-0.39, 0.29) is 0 Å². The standard InChI is InChI=1S/C20H14Br2N2O/c1-11-15(21)17(23)16(22)18-19(11)25-20(24-18)14-9-7-13(8-10-14)12-5-3-2-4-6-12/h2-10H,23H2,1H3. The molecule has 0 atom stereocenters. The lowest BCUT2D eigenvalue weighted by Crippen LogP contribution is -1.92. The molecule has 0 fully saturated rings. The van der Waals surface area contributed by atoms with Crippen molar-refractivity contribution in [3.8, 4) is 22.6 Å². The summed E-state index contributed by atoms with van der Waals surface area (Å²) in [6.07, 6.45) is 0. The number of hydrogen-bond acceptors (Lipinski definition) is 3. The summed E-state index contributed by atoms with van der Waals surface area (Å²) in [4.78, 5) is 4.63. The molecule has 0 spiro atoms. The van der Waals surface area contributed by atoms with Crippen molar-refractivity contribution in [3.63, 3.8) is 0 Å². The Hall–Kier alpha value is -2.11. The van der Waals surface area contributed by atoms with Crippen LogP contribution in [0.4, 0.5) is 5.69 Å². The first kappa shape index (κ1) is 16.4. The van der Waals surface area contributed by atoms with Crippen LogP contribution in [0.3, 0.4) is 0 Å². The van der Waals surface area contributed by atoms with Crippen molar-refractivity contribution >= 4 is 48.6 Å². The average Bonchev–Trinajstić information content (AvgIpc) is 3.11. The van der Waals surface area contributed by atoms with Crippen LogP contribution in [0.15, 0.2) is 68.0 Å². The maximum absolute atomic E-state index is 6.11. The Morgan fingerprint density at radius 1 is 0.840 bits per heavy atom. The number of nitrogens with two attached hydrogens (primary N) is 1. The van der Waals surface area contributed by atoms with E-state index in [9.17, 15) is 0 Å². The van der Waals surface area contributed by atoms with Crippen molar-refractivity contribution in [2.45, 2.75) is 6.92 Å². The van der Waals surface area contributed by atoms with Crippen LogP contribution in [0.5, 0.6) is 0 Å². The minimum atomic E-state index is 0.580. The molecule has 2 N–H and O–H groups in total. The van der Waals surface area contributed by atoms with E-state index in [4.69, 9.17) is 10.2 Å². The molecule has 0 unspecified atom stereocenters. The second kappa shape index (κ2) is 6.32. The molecule has 3 aromatic carbocycles. The summed E-state index contributed by atoms with van der Waals surface area (Å²) < 4.78 is 7.59. The van der Waals surface area contributed by atoms with Crippen LogP contribution in [0.25, 0.3) is 33.7 Å². The van der Waals surface area contributed by atoms with Crippen LogP contribution < -0.4 is 5.73 Å². The highest BCUT2D eigenvalue weighted by Crippen LogP contribution is 2.40. The van der Waals surface area contributed by atoms with Crippen LogP contribution in [0, 0.1) is 6.92 Å². The van der Waals surface area contributed by atoms with E-state index in [1.807, 2.05) is 37.3 Å². The number of rotatable bonds is 2. The lowest BCUT2D eigenvalue weighted by molar-refractivity contribution is 0.617. The fraction of sp³-hybridized carbons (Fsp3) is 0.0500. The summed E-state index contributed by atoms with van der Waals surface area (Å²) in [6, 6.07) is 18.5. The van der Waals surface area contributed by atoms with Gasteiger partial charge in [0.2, 0.25) is 5.89 Å². The van der Waals surface area contributed by atoms with Crippen LogP contribution in [-0.4, -0.2) is 4.98 Å². The van der Waals surface area contributed by atoms with Gasteiger partial charge in [-0.2, -0.15) is 0 Å². The summed E-state index contributed by atoms with van der Waals surface area (Å²) in [5.41, 5.74) is 12.4. The number of halogens is 2. The van der Waals surface area contributed by atoms with Crippen molar-refractivity contribution < 1.29 is 4.42 Å². The zero-order chi connectivity index (χ0) is 17.6. The molecule has 1 heterocycles. The Kier molecular flexibility index (Phi) is 4.13. The smallest absolute Gasteiger partial charge is 0.227 e. The van der Waals surface area contributed by atoms with Gasteiger partial charge in [0.1, 0.15) is 5.52 Å². The highest BCUT2D eigenvalue weighted by Gasteiger charge is 2.18. The van der Waals surface area contributed by atoms with Gasteiger partial charge in [-0.15, -0.1) is 0 Å². The monoisotopic (exact) mass is 456 g/mol. The number of anilines is 1. The Bertz CT molecular complexity index is 1030. The number of aromatic nitrogens is 1. The van der Waals surface area contributed by atoms with Crippen molar-refractivity contribution in [3.05, 3.63) is 69.1 Å². The Balaban J connectivity index is 1.80. The van der Waals surface area contributed by atoms with Gasteiger partial charge in [0.15, 0.2) is 5.58 Å². The van der Waals surface area contributed by atoms with Crippen LogP contribution in [-0.2, 0) is 0 Å². The third-order valence-corrected chi connectivity index (χ3v) is 6.04. The molecule has 0 saturated heterocycles. The minimum Gasteiger partial charge on any atom is -0.436 e.